The summed E-state index contributed by atoms with van der Waals surface area (Å²) in [7, 11) is 0. The van der Waals surface area contributed by atoms with E-state index >= 15 is 0 Å². The van der Waals surface area contributed by atoms with Gasteiger partial charge in [-0.25, -0.2) is 4.98 Å². The maximum Gasteiger partial charge on any atom is 0.0717 e. The molecule has 148 valence electrons. The third-order valence-electron chi connectivity index (χ3n) is 5.82. The van der Waals surface area contributed by atoms with E-state index in [4.69, 9.17) is 4.98 Å². The van der Waals surface area contributed by atoms with Crippen molar-refractivity contribution in [2.45, 2.75) is 59.8 Å². The topological polar surface area (TPSA) is 12.9 Å². The van der Waals surface area contributed by atoms with Crippen molar-refractivity contribution in [2.75, 3.05) is 0 Å². The summed E-state index contributed by atoms with van der Waals surface area (Å²) in [6.45, 7) is 13.5. The highest BCUT2D eigenvalue weighted by Gasteiger charge is 2.19. The van der Waals surface area contributed by atoms with Crippen molar-refractivity contribution >= 4 is 21.7 Å². The molecular formula is C28H31N. The minimum atomic E-state index is 0.0753. The van der Waals surface area contributed by atoms with E-state index in [0.29, 0.717) is 0 Å². The predicted octanol–water partition coefficient (Wildman–Crippen LogP) is 7.92. The summed E-state index contributed by atoms with van der Waals surface area (Å²) in [5.74, 6) is 0. The Balaban J connectivity index is 2.03. The quantitative estimate of drug-likeness (QED) is 0.351. The number of nitrogens with zero attached hydrogens (tertiary/aromatic N) is 1. The number of rotatable bonds is 3. The first-order valence-electron chi connectivity index (χ1n) is 10.7. The lowest BCUT2D eigenvalue weighted by atomic mass is 9.82. The minimum absolute atomic E-state index is 0.0753. The smallest absolute Gasteiger partial charge is 0.0717 e. The molecular weight excluding hydrogens is 350 g/mol. The maximum atomic E-state index is 5.14. The van der Waals surface area contributed by atoms with Gasteiger partial charge in [-0.15, -0.1) is 0 Å². The molecule has 0 amide bonds. The number of aromatic nitrogens is 1. The lowest BCUT2D eigenvalue weighted by Crippen LogP contribution is -2.12. The van der Waals surface area contributed by atoms with Crippen LogP contribution in [0.4, 0.5) is 0 Å². The van der Waals surface area contributed by atoms with Crippen LogP contribution < -0.4 is 0 Å². The van der Waals surface area contributed by atoms with Crippen LogP contribution in [0.1, 0.15) is 56.4 Å². The molecule has 1 heteroatoms. The van der Waals surface area contributed by atoms with Gasteiger partial charge < -0.3 is 0 Å². The molecule has 0 saturated carbocycles. The number of pyridine rings is 1. The molecule has 0 saturated heterocycles. The maximum absolute atomic E-state index is 5.14. The van der Waals surface area contributed by atoms with Crippen LogP contribution in [-0.2, 0) is 11.8 Å². The lowest BCUT2D eigenvalue weighted by molar-refractivity contribution is 0.596. The second-order valence-electron chi connectivity index (χ2n) is 9.39. The van der Waals surface area contributed by atoms with E-state index in [9.17, 15) is 0 Å². The van der Waals surface area contributed by atoms with Crippen LogP contribution in [0.3, 0.4) is 0 Å². The van der Waals surface area contributed by atoms with Gasteiger partial charge in [0, 0.05) is 10.9 Å². The van der Waals surface area contributed by atoms with E-state index in [0.717, 1.165) is 24.1 Å². The van der Waals surface area contributed by atoms with Gasteiger partial charge >= 0.3 is 0 Å². The van der Waals surface area contributed by atoms with Crippen LogP contribution in [-0.4, -0.2) is 4.98 Å². The molecule has 1 nitrogen and oxygen atoms in total. The van der Waals surface area contributed by atoms with Gasteiger partial charge in [0.15, 0.2) is 0 Å². The Labute approximate surface area is 174 Å². The van der Waals surface area contributed by atoms with Gasteiger partial charge in [0.2, 0.25) is 0 Å². The van der Waals surface area contributed by atoms with Crippen LogP contribution in [0.5, 0.6) is 0 Å². The number of hydrogen-bond acceptors (Lipinski definition) is 1. The second-order valence-corrected chi connectivity index (χ2v) is 9.39. The fourth-order valence-corrected chi connectivity index (χ4v) is 4.54. The first kappa shape index (κ1) is 19.6. The second kappa shape index (κ2) is 7.30. The molecule has 4 rings (SSSR count). The standard InChI is InChI=1S/C28H31N/c1-7-10-21-17-25(29-26-14-18(2)13-19(3)27(21)26)22-15-20-11-8-9-12-23(20)24(16-22)28(4,5)6/h8-9,11-17H,7,10H2,1-6H3. The lowest BCUT2D eigenvalue weighted by Gasteiger charge is -2.23. The fraction of sp³-hybridized carbons (Fsp3) is 0.321. The van der Waals surface area contributed by atoms with Gasteiger partial charge in [-0.2, -0.15) is 0 Å². The first-order valence-corrected chi connectivity index (χ1v) is 10.7. The molecule has 0 atom stereocenters. The summed E-state index contributed by atoms with van der Waals surface area (Å²) >= 11 is 0. The molecule has 1 heterocycles. The van der Waals surface area contributed by atoms with Gasteiger partial charge in [-0.05, 0) is 83.0 Å². The number of hydrogen-bond donors (Lipinski definition) is 0. The van der Waals surface area contributed by atoms with Crippen LogP contribution in [0, 0.1) is 13.8 Å². The summed E-state index contributed by atoms with van der Waals surface area (Å²) < 4.78 is 0. The molecule has 0 aliphatic heterocycles. The SMILES string of the molecule is CCCc1cc(-c2cc(C(C)(C)C)c3ccccc3c2)nc2cc(C)cc(C)c12. The fourth-order valence-electron chi connectivity index (χ4n) is 4.54. The van der Waals surface area contributed by atoms with Crippen LogP contribution in [0.25, 0.3) is 32.9 Å². The zero-order valence-electron chi connectivity index (χ0n) is 18.6. The number of aryl methyl sites for hydroxylation is 3. The van der Waals surface area contributed by atoms with E-state index in [1.807, 2.05) is 0 Å². The average Bonchev–Trinajstić information content (AvgIpc) is 2.65. The van der Waals surface area contributed by atoms with Crippen molar-refractivity contribution in [1.29, 1.82) is 0 Å². The summed E-state index contributed by atoms with van der Waals surface area (Å²) in [5.41, 5.74) is 8.89. The van der Waals surface area contributed by atoms with E-state index in [2.05, 4.69) is 96.1 Å². The van der Waals surface area contributed by atoms with E-state index in [1.54, 1.807) is 0 Å². The molecule has 0 N–H and O–H groups in total. The zero-order chi connectivity index (χ0) is 20.8. The molecule has 0 bridgehead atoms. The van der Waals surface area contributed by atoms with Crippen molar-refractivity contribution in [1.82, 2.24) is 4.98 Å². The van der Waals surface area contributed by atoms with E-state index in [-0.39, 0.29) is 5.41 Å². The molecule has 0 fully saturated rings. The molecule has 0 unspecified atom stereocenters. The third kappa shape index (κ3) is 3.67. The Hall–Kier alpha value is -2.67. The molecule has 0 aliphatic rings. The van der Waals surface area contributed by atoms with Crippen LogP contribution in [0.2, 0.25) is 0 Å². The van der Waals surface area contributed by atoms with Crippen molar-refractivity contribution in [2.24, 2.45) is 0 Å². The third-order valence-corrected chi connectivity index (χ3v) is 5.82. The van der Waals surface area contributed by atoms with Crippen LogP contribution >= 0.6 is 0 Å². The molecule has 4 aromatic rings. The van der Waals surface area contributed by atoms with Gasteiger partial charge in [0.25, 0.3) is 0 Å². The van der Waals surface area contributed by atoms with Gasteiger partial charge in [0.1, 0.15) is 0 Å². The number of benzene rings is 3. The largest absolute Gasteiger partial charge is 0.248 e. The van der Waals surface area contributed by atoms with Crippen molar-refractivity contribution in [3.63, 3.8) is 0 Å². The van der Waals surface area contributed by atoms with Gasteiger partial charge in [-0.3, -0.25) is 0 Å². The molecule has 1 aromatic heterocycles. The predicted molar refractivity (Wildman–Crippen MR) is 127 cm³/mol. The normalized spacial score (nSPS) is 12.1. The van der Waals surface area contributed by atoms with E-state index < -0.39 is 0 Å². The summed E-state index contributed by atoms with van der Waals surface area (Å²) in [4.78, 5) is 5.14. The summed E-state index contributed by atoms with van der Waals surface area (Å²) in [6, 6.07) is 20.2. The Morgan fingerprint density at radius 1 is 0.897 bits per heavy atom. The summed E-state index contributed by atoms with van der Waals surface area (Å²) in [5, 5.41) is 3.96. The molecule has 0 aliphatic carbocycles. The highest BCUT2D eigenvalue weighted by atomic mass is 14.7. The van der Waals surface area contributed by atoms with E-state index in [1.165, 1.54) is 44.0 Å². The van der Waals surface area contributed by atoms with Crippen molar-refractivity contribution in [3.8, 4) is 11.3 Å². The minimum Gasteiger partial charge on any atom is -0.248 e. The van der Waals surface area contributed by atoms with Gasteiger partial charge in [0.05, 0.1) is 11.2 Å². The molecule has 3 aromatic carbocycles. The Kier molecular flexibility index (Phi) is 4.94. The first-order chi connectivity index (χ1) is 13.8. The Morgan fingerprint density at radius 2 is 1.66 bits per heavy atom. The van der Waals surface area contributed by atoms with Crippen LogP contribution in [0.15, 0.2) is 54.6 Å². The molecule has 0 spiro atoms. The zero-order valence-corrected chi connectivity index (χ0v) is 18.6. The Bertz CT molecular complexity index is 1210. The number of fused-ring (bicyclic) bond motifs is 2. The van der Waals surface area contributed by atoms with Gasteiger partial charge in [-0.1, -0.05) is 64.4 Å². The molecule has 0 radical (unpaired) electrons. The van der Waals surface area contributed by atoms with Crippen molar-refractivity contribution in [3.05, 3.63) is 76.9 Å². The van der Waals surface area contributed by atoms with Crippen molar-refractivity contribution < 1.29 is 0 Å². The Morgan fingerprint density at radius 3 is 2.38 bits per heavy atom. The average molecular weight is 382 g/mol. The highest BCUT2D eigenvalue weighted by molar-refractivity contribution is 5.93. The summed E-state index contributed by atoms with van der Waals surface area (Å²) in [6.07, 6.45) is 2.21. The highest BCUT2D eigenvalue weighted by Crippen LogP contribution is 2.36. The molecule has 29 heavy (non-hydrogen) atoms. The monoisotopic (exact) mass is 381 g/mol.